The first-order valence-electron chi connectivity index (χ1n) is 7.02. The van der Waals surface area contributed by atoms with Crippen LogP contribution in [0, 0.1) is 24.1 Å². The van der Waals surface area contributed by atoms with Gasteiger partial charge < -0.3 is 9.72 Å². The molecule has 0 fully saturated rings. The van der Waals surface area contributed by atoms with Crippen molar-refractivity contribution in [2.75, 3.05) is 6.61 Å². The van der Waals surface area contributed by atoms with E-state index in [1.807, 2.05) is 13.0 Å². The Balaban J connectivity index is 2.32. The molecule has 3 nitrogen and oxygen atoms in total. The van der Waals surface area contributed by atoms with Gasteiger partial charge in [-0.05, 0) is 37.0 Å². The molecule has 1 aromatic heterocycles. The lowest BCUT2D eigenvalue weighted by molar-refractivity contribution is 0.0339. The third-order valence-electron chi connectivity index (χ3n) is 4.02. The molecule has 4 heteroatoms. The van der Waals surface area contributed by atoms with E-state index in [-0.39, 0.29) is 11.7 Å². The summed E-state index contributed by atoms with van der Waals surface area (Å²) in [7, 11) is 0. The molecule has 1 atom stereocenters. The smallest absolute Gasteiger partial charge is 0.141 e. The molecule has 3 rings (SSSR count). The van der Waals surface area contributed by atoms with Gasteiger partial charge in [-0.2, -0.15) is 5.26 Å². The molecule has 0 aliphatic carbocycles. The largest absolute Gasteiger partial charge is 0.372 e. The number of aromatic nitrogens is 1. The number of aromatic amines is 1. The fourth-order valence-electron chi connectivity index (χ4n) is 3.10. The van der Waals surface area contributed by atoms with Crippen molar-refractivity contribution in [3.05, 3.63) is 34.3 Å². The Morgan fingerprint density at radius 2 is 2.35 bits per heavy atom. The Morgan fingerprint density at radius 1 is 1.55 bits per heavy atom. The zero-order chi connectivity index (χ0) is 14.3. The van der Waals surface area contributed by atoms with Gasteiger partial charge in [0.15, 0.2) is 0 Å². The molecule has 20 heavy (non-hydrogen) atoms. The maximum Gasteiger partial charge on any atom is 0.141 e. The maximum atomic E-state index is 14.0. The Kier molecular flexibility index (Phi) is 3.23. The third-order valence-corrected chi connectivity index (χ3v) is 4.02. The fourth-order valence-corrected chi connectivity index (χ4v) is 3.10. The summed E-state index contributed by atoms with van der Waals surface area (Å²) < 4.78 is 19.8. The number of nitrogens with zero attached hydrogens (tertiary/aromatic N) is 1. The molecule has 2 heterocycles. The van der Waals surface area contributed by atoms with E-state index in [9.17, 15) is 9.65 Å². The van der Waals surface area contributed by atoms with Crippen molar-refractivity contribution < 1.29 is 9.13 Å². The molecule has 1 aliphatic heterocycles. The second-order valence-corrected chi connectivity index (χ2v) is 5.33. The van der Waals surface area contributed by atoms with Gasteiger partial charge in [0.2, 0.25) is 0 Å². The minimum atomic E-state index is -0.433. The number of benzene rings is 1. The van der Waals surface area contributed by atoms with E-state index in [0.29, 0.717) is 6.61 Å². The number of nitriles is 1. The average molecular weight is 272 g/mol. The molecule has 1 aromatic carbocycles. The minimum absolute atomic E-state index is 0.0326. The number of nitrogens with one attached hydrogen (secondary N) is 1. The Labute approximate surface area is 117 Å². The van der Waals surface area contributed by atoms with Crippen molar-refractivity contribution >= 4 is 10.9 Å². The van der Waals surface area contributed by atoms with Crippen LogP contribution in [0.15, 0.2) is 6.07 Å². The Hall–Kier alpha value is -1.86. The Morgan fingerprint density at radius 3 is 3.05 bits per heavy atom. The number of ether oxygens (including phenoxy) is 1. The van der Waals surface area contributed by atoms with E-state index in [2.05, 4.69) is 11.9 Å². The van der Waals surface area contributed by atoms with Crippen LogP contribution in [0.2, 0.25) is 0 Å². The van der Waals surface area contributed by atoms with E-state index in [4.69, 9.17) is 4.74 Å². The molecule has 0 unspecified atom stereocenters. The molecule has 0 radical (unpaired) electrons. The fraction of sp³-hybridized carbons (Fsp3) is 0.438. The number of hydrogen-bond acceptors (Lipinski definition) is 2. The maximum absolute atomic E-state index is 14.0. The number of hydrogen-bond donors (Lipinski definition) is 1. The highest BCUT2D eigenvalue weighted by Crippen LogP contribution is 2.38. The standard InChI is InChI=1S/C16H17FN2O/c1-3-4-13-16-10(5-6-20-13)14-11(8-18)12(17)7-9(2)15(14)19-16/h7,13,19H,3-6H2,1-2H3/t13-/m1/s1. The highest BCUT2D eigenvalue weighted by molar-refractivity contribution is 5.92. The summed E-state index contributed by atoms with van der Waals surface area (Å²) in [5.74, 6) is -0.433. The van der Waals surface area contributed by atoms with Crippen LogP contribution in [0.3, 0.4) is 0 Å². The summed E-state index contributed by atoms with van der Waals surface area (Å²) in [5, 5.41) is 10.0. The van der Waals surface area contributed by atoms with Crippen LogP contribution in [0.4, 0.5) is 4.39 Å². The normalized spacial score (nSPS) is 18.0. The van der Waals surface area contributed by atoms with E-state index >= 15 is 0 Å². The van der Waals surface area contributed by atoms with Crippen LogP contribution in [-0.2, 0) is 11.2 Å². The van der Waals surface area contributed by atoms with Gasteiger partial charge in [-0.25, -0.2) is 4.39 Å². The van der Waals surface area contributed by atoms with Gasteiger partial charge in [0.1, 0.15) is 11.9 Å². The van der Waals surface area contributed by atoms with Crippen molar-refractivity contribution in [3.8, 4) is 6.07 Å². The molecule has 0 amide bonds. The first-order valence-corrected chi connectivity index (χ1v) is 7.02. The summed E-state index contributed by atoms with van der Waals surface area (Å²) in [4.78, 5) is 3.38. The van der Waals surface area contributed by atoms with Gasteiger partial charge >= 0.3 is 0 Å². The number of aryl methyl sites for hydroxylation is 1. The zero-order valence-corrected chi connectivity index (χ0v) is 11.7. The molecular formula is C16H17FN2O. The van der Waals surface area contributed by atoms with Gasteiger partial charge in [0.25, 0.3) is 0 Å². The topological polar surface area (TPSA) is 48.8 Å². The number of fused-ring (bicyclic) bond motifs is 3. The van der Waals surface area contributed by atoms with Crippen molar-refractivity contribution in [2.24, 2.45) is 0 Å². The summed E-state index contributed by atoms with van der Waals surface area (Å²) in [6, 6.07) is 3.44. The van der Waals surface area contributed by atoms with Crippen molar-refractivity contribution in [1.82, 2.24) is 4.98 Å². The second kappa shape index (κ2) is 4.92. The first-order chi connectivity index (χ1) is 9.67. The van der Waals surface area contributed by atoms with Crippen LogP contribution in [0.5, 0.6) is 0 Å². The monoisotopic (exact) mass is 272 g/mol. The SMILES string of the molecule is CCC[C@H]1OCCc2c1[nH]c1c(C)cc(F)c(C#N)c21. The van der Waals surface area contributed by atoms with E-state index in [1.165, 1.54) is 6.07 Å². The van der Waals surface area contributed by atoms with E-state index in [1.54, 1.807) is 0 Å². The molecule has 1 N–H and O–H groups in total. The van der Waals surface area contributed by atoms with E-state index < -0.39 is 5.82 Å². The number of rotatable bonds is 2. The van der Waals surface area contributed by atoms with Gasteiger partial charge in [-0.1, -0.05) is 13.3 Å². The van der Waals surface area contributed by atoms with Crippen LogP contribution < -0.4 is 0 Å². The van der Waals surface area contributed by atoms with Crippen LogP contribution >= 0.6 is 0 Å². The summed E-state index contributed by atoms with van der Waals surface area (Å²) >= 11 is 0. The molecular weight excluding hydrogens is 255 g/mol. The summed E-state index contributed by atoms with van der Waals surface area (Å²) in [5.41, 5.74) is 3.95. The molecule has 0 saturated carbocycles. The van der Waals surface area contributed by atoms with Crippen LogP contribution in [0.1, 0.15) is 48.3 Å². The number of halogens is 1. The summed E-state index contributed by atoms with van der Waals surface area (Å²) in [6.07, 6.45) is 2.72. The molecule has 1 aliphatic rings. The quantitative estimate of drug-likeness (QED) is 0.901. The first kappa shape index (κ1) is 13.1. The van der Waals surface area contributed by atoms with Crippen molar-refractivity contribution in [3.63, 3.8) is 0 Å². The van der Waals surface area contributed by atoms with Gasteiger partial charge in [0, 0.05) is 11.1 Å². The minimum Gasteiger partial charge on any atom is -0.372 e. The lowest BCUT2D eigenvalue weighted by Gasteiger charge is -2.23. The lowest BCUT2D eigenvalue weighted by Crippen LogP contribution is -2.15. The highest BCUT2D eigenvalue weighted by atomic mass is 19.1. The van der Waals surface area contributed by atoms with Gasteiger partial charge in [-0.15, -0.1) is 0 Å². The second-order valence-electron chi connectivity index (χ2n) is 5.33. The highest BCUT2D eigenvalue weighted by Gasteiger charge is 2.27. The van der Waals surface area contributed by atoms with Gasteiger partial charge in [0.05, 0.1) is 23.8 Å². The van der Waals surface area contributed by atoms with E-state index in [0.717, 1.165) is 47.0 Å². The Bertz CT molecular complexity index is 712. The predicted molar refractivity (Wildman–Crippen MR) is 75.0 cm³/mol. The molecule has 0 spiro atoms. The summed E-state index contributed by atoms with van der Waals surface area (Å²) in [6.45, 7) is 4.61. The molecule has 0 bridgehead atoms. The molecule has 0 saturated heterocycles. The van der Waals surface area contributed by atoms with Gasteiger partial charge in [-0.3, -0.25) is 0 Å². The average Bonchev–Trinajstić information content (AvgIpc) is 2.81. The van der Waals surface area contributed by atoms with Crippen LogP contribution in [-0.4, -0.2) is 11.6 Å². The zero-order valence-electron chi connectivity index (χ0n) is 11.7. The third kappa shape index (κ3) is 1.82. The van der Waals surface area contributed by atoms with Crippen LogP contribution in [0.25, 0.3) is 10.9 Å². The van der Waals surface area contributed by atoms with Crippen molar-refractivity contribution in [2.45, 2.75) is 39.2 Å². The van der Waals surface area contributed by atoms with Crippen molar-refractivity contribution in [1.29, 1.82) is 5.26 Å². The lowest BCUT2D eigenvalue weighted by atomic mass is 9.96. The predicted octanol–water partition coefficient (Wildman–Crippen LogP) is 3.90. The molecule has 104 valence electrons. The molecule has 2 aromatic rings. The number of H-pyrrole nitrogens is 1.